The summed E-state index contributed by atoms with van der Waals surface area (Å²) in [6.45, 7) is 2.12. The van der Waals surface area contributed by atoms with Crippen molar-refractivity contribution in [1.29, 1.82) is 0 Å². The SMILES string of the molecule is CC1(C(=O)NCc2cc[nH]c2)CC1F. The van der Waals surface area contributed by atoms with E-state index in [4.69, 9.17) is 0 Å². The molecule has 0 radical (unpaired) electrons. The van der Waals surface area contributed by atoms with Gasteiger partial charge in [0.1, 0.15) is 6.17 Å². The average molecular weight is 196 g/mol. The first kappa shape index (κ1) is 9.24. The third-order valence-electron chi connectivity index (χ3n) is 2.77. The molecule has 1 saturated carbocycles. The van der Waals surface area contributed by atoms with Gasteiger partial charge in [0.15, 0.2) is 0 Å². The topological polar surface area (TPSA) is 44.9 Å². The first-order chi connectivity index (χ1) is 6.63. The fourth-order valence-corrected chi connectivity index (χ4v) is 1.40. The summed E-state index contributed by atoms with van der Waals surface area (Å²) < 4.78 is 12.8. The lowest BCUT2D eigenvalue weighted by Crippen LogP contribution is -2.31. The summed E-state index contributed by atoms with van der Waals surface area (Å²) in [5, 5.41) is 2.72. The fourth-order valence-electron chi connectivity index (χ4n) is 1.40. The van der Waals surface area contributed by atoms with Gasteiger partial charge in [-0.25, -0.2) is 4.39 Å². The van der Waals surface area contributed by atoms with Crippen molar-refractivity contribution in [2.75, 3.05) is 0 Å². The lowest BCUT2D eigenvalue weighted by molar-refractivity contribution is -0.126. The number of rotatable bonds is 3. The van der Waals surface area contributed by atoms with Crippen molar-refractivity contribution in [2.24, 2.45) is 5.41 Å². The minimum atomic E-state index is -0.964. The molecule has 0 saturated heterocycles. The number of H-pyrrole nitrogens is 1. The van der Waals surface area contributed by atoms with Crippen LogP contribution >= 0.6 is 0 Å². The molecule has 4 heteroatoms. The number of carbonyl (C=O) groups is 1. The molecule has 1 aliphatic carbocycles. The molecule has 14 heavy (non-hydrogen) atoms. The van der Waals surface area contributed by atoms with E-state index in [0.29, 0.717) is 13.0 Å². The second kappa shape index (κ2) is 3.12. The van der Waals surface area contributed by atoms with Crippen molar-refractivity contribution in [1.82, 2.24) is 10.3 Å². The Labute approximate surface area is 81.7 Å². The van der Waals surface area contributed by atoms with Gasteiger partial charge in [0.25, 0.3) is 0 Å². The highest BCUT2D eigenvalue weighted by Crippen LogP contribution is 2.48. The number of carbonyl (C=O) groups excluding carboxylic acids is 1. The molecule has 0 aromatic carbocycles. The van der Waals surface area contributed by atoms with Crippen LogP contribution in [0.25, 0.3) is 0 Å². The molecule has 1 aromatic rings. The number of aromatic amines is 1. The van der Waals surface area contributed by atoms with Gasteiger partial charge >= 0.3 is 0 Å². The molecule has 0 spiro atoms. The van der Waals surface area contributed by atoms with Gasteiger partial charge in [-0.15, -0.1) is 0 Å². The van der Waals surface area contributed by atoms with Gasteiger partial charge in [-0.3, -0.25) is 4.79 Å². The Kier molecular flexibility index (Phi) is 2.06. The van der Waals surface area contributed by atoms with Gasteiger partial charge in [0.2, 0.25) is 5.91 Å². The van der Waals surface area contributed by atoms with Crippen LogP contribution < -0.4 is 5.32 Å². The lowest BCUT2D eigenvalue weighted by atomic mass is 10.1. The van der Waals surface area contributed by atoms with Crippen molar-refractivity contribution in [3.8, 4) is 0 Å². The molecule has 3 nitrogen and oxygen atoms in total. The Morgan fingerprint density at radius 1 is 1.86 bits per heavy atom. The monoisotopic (exact) mass is 196 g/mol. The quantitative estimate of drug-likeness (QED) is 0.753. The number of aromatic nitrogens is 1. The van der Waals surface area contributed by atoms with Crippen LogP contribution in [0.4, 0.5) is 4.39 Å². The van der Waals surface area contributed by atoms with Crippen molar-refractivity contribution < 1.29 is 9.18 Å². The molecular formula is C10H13FN2O. The van der Waals surface area contributed by atoms with E-state index in [9.17, 15) is 9.18 Å². The van der Waals surface area contributed by atoms with E-state index < -0.39 is 11.6 Å². The Morgan fingerprint density at radius 3 is 3.07 bits per heavy atom. The molecule has 0 aliphatic heterocycles. The number of alkyl halides is 1. The van der Waals surface area contributed by atoms with Crippen LogP contribution in [0.5, 0.6) is 0 Å². The molecule has 2 atom stereocenters. The Hall–Kier alpha value is -1.32. The van der Waals surface area contributed by atoms with E-state index >= 15 is 0 Å². The molecule has 1 aliphatic rings. The minimum Gasteiger partial charge on any atom is -0.367 e. The summed E-state index contributed by atoms with van der Waals surface area (Å²) in [6, 6.07) is 1.88. The highest BCUT2D eigenvalue weighted by atomic mass is 19.1. The van der Waals surface area contributed by atoms with E-state index in [1.807, 2.05) is 12.3 Å². The van der Waals surface area contributed by atoms with Crippen LogP contribution in [-0.2, 0) is 11.3 Å². The van der Waals surface area contributed by atoms with E-state index in [-0.39, 0.29) is 5.91 Å². The van der Waals surface area contributed by atoms with Crippen molar-refractivity contribution in [3.63, 3.8) is 0 Å². The Bertz CT molecular complexity index is 336. The average Bonchev–Trinajstić information content (AvgIpc) is 2.65. The maximum absolute atomic E-state index is 12.8. The molecule has 1 aromatic heterocycles. The summed E-state index contributed by atoms with van der Waals surface area (Å²) in [4.78, 5) is 14.4. The third-order valence-corrected chi connectivity index (χ3v) is 2.77. The first-order valence-electron chi connectivity index (χ1n) is 4.67. The van der Waals surface area contributed by atoms with Gasteiger partial charge in [0.05, 0.1) is 5.41 Å². The van der Waals surface area contributed by atoms with Gasteiger partial charge in [0, 0.05) is 18.9 Å². The van der Waals surface area contributed by atoms with Crippen molar-refractivity contribution in [3.05, 3.63) is 24.0 Å². The van der Waals surface area contributed by atoms with Gasteiger partial charge in [-0.05, 0) is 25.0 Å². The zero-order valence-corrected chi connectivity index (χ0v) is 8.01. The van der Waals surface area contributed by atoms with Crippen molar-refractivity contribution >= 4 is 5.91 Å². The molecule has 2 N–H and O–H groups in total. The second-order valence-electron chi connectivity index (χ2n) is 3.99. The minimum absolute atomic E-state index is 0.189. The molecular weight excluding hydrogens is 183 g/mol. The van der Waals surface area contributed by atoms with E-state index in [1.54, 1.807) is 13.1 Å². The lowest BCUT2D eigenvalue weighted by Gasteiger charge is -2.08. The maximum Gasteiger partial charge on any atom is 0.229 e. The van der Waals surface area contributed by atoms with E-state index in [0.717, 1.165) is 5.56 Å². The smallest absolute Gasteiger partial charge is 0.229 e. The number of hydrogen-bond donors (Lipinski definition) is 2. The molecule has 76 valence electrons. The summed E-state index contributed by atoms with van der Waals surface area (Å²) in [6.07, 6.45) is 2.99. The highest BCUT2D eigenvalue weighted by Gasteiger charge is 2.57. The maximum atomic E-state index is 12.8. The number of nitrogens with one attached hydrogen (secondary N) is 2. The number of halogens is 1. The van der Waals surface area contributed by atoms with Gasteiger partial charge < -0.3 is 10.3 Å². The van der Waals surface area contributed by atoms with E-state index in [1.165, 1.54) is 0 Å². The van der Waals surface area contributed by atoms with Crippen molar-refractivity contribution in [2.45, 2.75) is 26.1 Å². The van der Waals surface area contributed by atoms with E-state index in [2.05, 4.69) is 10.3 Å². The molecule has 1 fully saturated rings. The highest BCUT2D eigenvalue weighted by molar-refractivity contribution is 5.86. The zero-order valence-electron chi connectivity index (χ0n) is 8.01. The fraction of sp³-hybridized carbons (Fsp3) is 0.500. The third kappa shape index (κ3) is 1.52. The van der Waals surface area contributed by atoms with Crippen LogP contribution in [0.2, 0.25) is 0 Å². The van der Waals surface area contributed by atoms with Crippen LogP contribution in [0.1, 0.15) is 18.9 Å². The van der Waals surface area contributed by atoms with Crippen LogP contribution in [-0.4, -0.2) is 17.1 Å². The predicted molar refractivity (Wildman–Crippen MR) is 50.3 cm³/mol. The first-order valence-corrected chi connectivity index (χ1v) is 4.67. The molecule has 2 rings (SSSR count). The number of hydrogen-bond acceptors (Lipinski definition) is 1. The standard InChI is InChI=1S/C10H13FN2O/c1-10(4-8(10)11)9(14)13-6-7-2-3-12-5-7/h2-3,5,8,12H,4,6H2,1H3,(H,13,14). The Morgan fingerprint density at radius 2 is 2.57 bits per heavy atom. The molecule has 1 amide bonds. The molecule has 0 bridgehead atoms. The van der Waals surface area contributed by atoms with Gasteiger partial charge in [-0.1, -0.05) is 0 Å². The second-order valence-corrected chi connectivity index (χ2v) is 3.99. The predicted octanol–water partition coefficient (Wildman–Crippen LogP) is 1.38. The normalized spacial score (nSPS) is 30.0. The Balaban J connectivity index is 1.85. The van der Waals surface area contributed by atoms with Gasteiger partial charge in [-0.2, -0.15) is 0 Å². The van der Waals surface area contributed by atoms with Crippen LogP contribution in [0.15, 0.2) is 18.5 Å². The largest absolute Gasteiger partial charge is 0.367 e. The van der Waals surface area contributed by atoms with Crippen LogP contribution in [0.3, 0.4) is 0 Å². The number of amides is 1. The molecule has 1 heterocycles. The summed E-state index contributed by atoms with van der Waals surface area (Å²) in [5.41, 5.74) is 0.231. The summed E-state index contributed by atoms with van der Waals surface area (Å²) >= 11 is 0. The van der Waals surface area contributed by atoms with Crippen LogP contribution in [0, 0.1) is 5.41 Å². The summed E-state index contributed by atoms with van der Waals surface area (Å²) in [5.74, 6) is -0.189. The summed E-state index contributed by atoms with van der Waals surface area (Å²) in [7, 11) is 0. The zero-order chi connectivity index (χ0) is 10.2. The molecule has 2 unspecified atom stereocenters.